The fraction of sp³-hybridized carbons (Fsp3) is 0.500. The molecule has 0 saturated heterocycles. The van der Waals surface area contributed by atoms with Crippen LogP contribution in [0, 0.1) is 6.92 Å². The number of sulfonamides is 1. The average molecular weight is 276 g/mol. The third-order valence-electron chi connectivity index (χ3n) is 2.40. The van der Waals surface area contributed by atoms with Crippen LogP contribution in [0.2, 0.25) is 0 Å². The SMILES string of the molecule is CCCC(Cl)CNS(=O)(=O)c1cccc(C)c1. The molecule has 1 rings (SSSR count). The van der Waals surface area contributed by atoms with E-state index >= 15 is 0 Å². The second-order valence-electron chi connectivity index (χ2n) is 4.05. The van der Waals surface area contributed by atoms with Gasteiger partial charge in [0.1, 0.15) is 0 Å². The highest BCUT2D eigenvalue weighted by Crippen LogP contribution is 2.11. The lowest BCUT2D eigenvalue weighted by molar-refractivity contribution is 0.576. The molecule has 0 fully saturated rings. The highest BCUT2D eigenvalue weighted by Gasteiger charge is 2.15. The number of hydrogen-bond acceptors (Lipinski definition) is 2. The lowest BCUT2D eigenvalue weighted by atomic mass is 10.2. The standard InChI is InChI=1S/C12H18ClNO2S/c1-3-5-11(13)9-14-17(15,16)12-7-4-6-10(2)8-12/h4,6-8,11,14H,3,5,9H2,1-2H3. The molecule has 0 aliphatic rings. The van der Waals surface area contributed by atoms with Crippen LogP contribution in [0.1, 0.15) is 25.3 Å². The third kappa shape index (κ3) is 4.66. The minimum absolute atomic E-state index is 0.153. The van der Waals surface area contributed by atoms with E-state index in [-0.39, 0.29) is 16.8 Å². The Kier molecular flexibility index (Phi) is 5.43. The van der Waals surface area contributed by atoms with E-state index in [0.717, 1.165) is 18.4 Å². The number of aryl methyl sites for hydroxylation is 1. The monoisotopic (exact) mass is 275 g/mol. The van der Waals surface area contributed by atoms with Gasteiger partial charge in [-0.05, 0) is 31.0 Å². The Balaban J connectivity index is 2.69. The Morgan fingerprint density at radius 3 is 2.71 bits per heavy atom. The first-order valence-electron chi connectivity index (χ1n) is 5.66. The minimum Gasteiger partial charge on any atom is -0.210 e. The van der Waals surface area contributed by atoms with E-state index in [1.54, 1.807) is 18.2 Å². The van der Waals surface area contributed by atoms with Crippen molar-refractivity contribution in [2.45, 2.75) is 37.0 Å². The Hall–Kier alpha value is -0.580. The van der Waals surface area contributed by atoms with Crippen LogP contribution in [0.25, 0.3) is 0 Å². The van der Waals surface area contributed by atoms with Gasteiger partial charge in [0.05, 0.1) is 4.90 Å². The average Bonchev–Trinajstić information content (AvgIpc) is 2.27. The molecule has 96 valence electrons. The quantitative estimate of drug-likeness (QED) is 0.812. The number of hydrogen-bond donors (Lipinski definition) is 1. The molecule has 0 saturated carbocycles. The molecule has 0 aliphatic carbocycles. The molecule has 5 heteroatoms. The molecular formula is C12H18ClNO2S. The van der Waals surface area contributed by atoms with Crippen molar-refractivity contribution >= 4 is 21.6 Å². The molecule has 1 aromatic rings. The van der Waals surface area contributed by atoms with Gasteiger partial charge < -0.3 is 0 Å². The summed E-state index contributed by atoms with van der Waals surface area (Å²) in [6.45, 7) is 4.15. The molecular weight excluding hydrogens is 258 g/mol. The van der Waals surface area contributed by atoms with Crippen molar-refractivity contribution in [3.63, 3.8) is 0 Å². The van der Waals surface area contributed by atoms with E-state index in [9.17, 15) is 8.42 Å². The second kappa shape index (κ2) is 6.38. The van der Waals surface area contributed by atoms with Gasteiger partial charge in [-0.2, -0.15) is 0 Å². The smallest absolute Gasteiger partial charge is 0.210 e. The number of alkyl halides is 1. The summed E-state index contributed by atoms with van der Waals surface area (Å²) < 4.78 is 26.4. The van der Waals surface area contributed by atoms with Gasteiger partial charge in [0, 0.05) is 11.9 Å². The van der Waals surface area contributed by atoms with Crippen LogP contribution in [-0.2, 0) is 10.0 Å². The molecule has 3 nitrogen and oxygen atoms in total. The molecule has 0 aromatic heterocycles. The number of nitrogens with one attached hydrogen (secondary N) is 1. The molecule has 0 bridgehead atoms. The van der Waals surface area contributed by atoms with Gasteiger partial charge in [0.15, 0.2) is 0 Å². The van der Waals surface area contributed by atoms with Crippen LogP contribution >= 0.6 is 11.6 Å². The maximum Gasteiger partial charge on any atom is 0.240 e. The van der Waals surface area contributed by atoms with E-state index in [2.05, 4.69) is 4.72 Å². The molecule has 0 heterocycles. The van der Waals surface area contributed by atoms with Crippen molar-refractivity contribution in [1.29, 1.82) is 0 Å². The Morgan fingerprint density at radius 1 is 1.41 bits per heavy atom. The first-order valence-corrected chi connectivity index (χ1v) is 7.58. The zero-order valence-electron chi connectivity index (χ0n) is 10.1. The van der Waals surface area contributed by atoms with Gasteiger partial charge in [-0.1, -0.05) is 25.5 Å². The summed E-state index contributed by atoms with van der Waals surface area (Å²) in [6, 6.07) is 6.82. The van der Waals surface area contributed by atoms with E-state index in [0.29, 0.717) is 0 Å². The summed E-state index contributed by atoms with van der Waals surface area (Å²) in [4.78, 5) is 0.290. The van der Waals surface area contributed by atoms with Gasteiger partial charge in [-0.15, -0.1) is 11.6 Å². The van der Waals surface area contributed by atoms with Gasteiger partial charge in [-0.25, -0.2) is 13.1 Å². The van der Waals surface area contributed by atoms with Gasteiger partial charge in [-0.3, -0.25) is 0 Å². The van der Waals surface area contributed by atoms with Crippen LogP contribution in [0.15, 0.2) is 29.2 Å². The maximum atomic E-state index is 11.9. The van der Waals surface area contributed by atoms with Crippen molar-refractivity contribution < 1.29 is 8.42 Å². The predicted octanol–water partition coefficient (Wildman–Crippen LogP) is 2.68. The zero-order valence-corrected chi connectivity index (χ0v) is 11.7. The van der Waals surface area contributed by atoms with Crippen LogP contribution in [0.4, 0.5) is 0 Å². The van der Waals surface area contributed by atoms with Crippen LogP contribution < -0.4 is 4.72 Å². The maximum absolute atomic E-state index is 11.9. The summed E-state index contributed by atoms with van der Waals surface area (Å²) in [6.07, 6.45) is 1.75. The number of halogens is 1. The lowest BCUT2D eigenvalue weighted by Gasteiger charge is -2.10. The fourth-order valence-electron chi connectivity index (χ4n) is 1.48. The van der Waals surface area contributed by atoms with Crippen molar-refractivity contribution in [2.75, 3.05) is 6.54 Å². The third-order valence-corrected chi connectivity index (χ3v) is 4.19. The Morgan fingerprint density at radius 2 is 2.12 bits per heavy atom. The summed E-state index contributed by atoms with van der Waals surface area (Å²) in [5.74, 6) is 0. The lowest BCUT2D eigenvalue weighted by Crippen LogP contribution is -2.29. The highest BCUT2D eigenvalue weighted by molar-refractivity contribution is 7.89. The summed E-state index contributed by atoms with van der Waals surface area (Å²) in [7, 11) is -3.43. The van der Waals surface area contributed by atoms with Crippen molar-refractivity contribution in [2.24, 2.45) is 0 Å². The summed E-state index contributed by atoms with van der Waals surface area (Å²) in [5.41, 5.74) is 0.920. The van der Waals surface area contributed by atoms with Gasteiger partial charge >= 0.3 is 0 Å². The minimum atomic E-state index is -3.43. The Labute approximate surface area is 108 Å². The number of benzene rings is 1. The molecule has 1 aromatic carbocycles. The second-order valence-corrected chi connectivity index (χ2v) is 6.44. The van der Waals surface area contributed by atoms with Gasteiger partial charge in [0.25, 0.3) is 0 Å². The Bertz CT molecular complexity index is 459. The molecule has 1 unspecified atom stereocenters. The van der Waals surface area contributed by atoms with Crippen LogP contribution in [0.5, 0.6) is 0 Å². The summed E-state index contributed by atoms with van der Waals surface area (Å²) in [5, 5.41) is -0.153. The molecule has 0 aliphatic heterocycles. The van der Waals surface area contributed by atoms with E-state index in [1.165, 1.54) is 0 Å². The summed E-state index contributed by atoms with van der Waals surface area (Å²) >= 11 is 5.98. The predicted molar refractivity (Wildman–Crippen MR) is 70.9 cm³/mol. The number of rotatable bonds is 6. The molecule has 0 spiro atoms. The van der Waals surface area contributed by atoms with Gasteiger partial charge in [0.2, 0.25) is 10.0 Å². The molecule has 1 N–H and O–H groups in total. The fourth-order valence-corrected chi connectivity index (χ4v) is 3.05. The highest BCUT2D eigenvalue weighted by atomic mass is 35.5. The molecule has 0 radical (unpaired) electrons. The zero-order chi connectivity index (χ0) is 12.9. The first-order chi connectivity index (χ1) is 7.95. The van der Waals surface area contributed by atoms with Crippen molar-refractivity contribution in [3.8, 4) is 0 Å². The van der Waals surface area contributed by atoms with Crippen molar-refractivity contribution in [3.05, 3.63) is 29.8 Å². The van der Waals surface area contributed by atoms with Crippen molar-refractivity contribution in [1.82, 2.24) is 4.72 Å². The molecule has 0 amide bonds. The van der Waals surface area contributed by atoms with E-state index < -0.39 is 10.0 Å². The topological polar surface area (TPSA) is 46.2 Å². The normalized spacial score (nSPS) is 13.6. The molecule has 1 atom stereocenters. The largest absolute Gasteiger partial charge is 0.240 e. The van der Waals surface area contributed by atoms with E-state index in [4.69, 9.17) is 11.6 Å². The first kappa shape index (κ1) is 14.5. The molecule has 17 heavy (non-hydrogen) atoms. The van der Waals surface area contributed by atoms with E-state index in [1.807, 2.05) is 19.9 Å². The van der Waals surface area contributed by atoms with Crippen LogP contribution in [0.3, 0.4) is 0 Å². The van der Waals surface area contributed by atoms with Crippen LogP contribution in [-0.4, -0.2) is 20.3 Å².